The normalized spacial score (nSPS) is 18.9. The van der Waals surface area contributed by atoms with Gasteiger partial charge in [0, 0.05) is 44.3 Å². The van der Waals surface area contributed by atoms with Crippen LogP contribution in [0.1, 0.15) is 17.7 Å². The SMILES string of the molecule is Cn1cc(S(=O)(=O)NC2CCCN(Cc3cccs3)C2)c(=O)n(C)c1=O. The molecule has 1 aliphatic rings. The number of sulfonamides is 1. The molecule has 1 unspecified atom stereocenters. The molecule has 0 aromatic carbocycles. The second kappa shape index (κ2) is 7.47. The fourth-order valence-corrected chi connectivity index (χ4v) is 5.33. The zero-order valence-corrected chi connectivity index (χ0v) is 16.3. The van der Waals surface area contributed by atoms with Gasteiger partial charge in [0.15, 0.2) is 4.90 Å². The van der Waals surface area contributed by atoms with Gasteiger partial charge in [-0.2, -0.15) is 0 Å². The van der Waals surface area contributed by atoms with E-state index >= 15 is 0 Å². The smallest absolute Gasteiger partial charge is 0.302 e. The standard InChI is InChI=1S/C16H22N4O4S2/c1-18-11-14(15(21)19(2)16(18)22)26(23,24)17-12-5-3-7-20(9-12)10-13-6-4-8-25-13/h4,6,8,11-12,17H,3,5,7,9-10H2,1-2H3. The van der Waals surface area contributed by atoms with Crippen molar-refractivity contribution in [1.82, 2.24) is 18.8 Å². The lowest BCUT2D eigenvalue weighted by atomic mass is 10.1. The highest BCUT2D eigenvalue weighted by Crippen LogP contribution is 2.17. The minimum atomic E-state index is -4.00. The third kappa shape index (κ3) is 3.98. The van der Waals surface area contributed by atoms with Gasteiger partial charge < -0.3 is 4.57 Å². The van der Waals surface area contributed by atoms with Crippen LogP contribution < -0.4 is 16.0 Å². The highest BCUT2D eigenvalue weighted by Gasteiger charge is 2.28. The van der Waals surface area contributed by atoms with Crippen LogP contribution in [0.15, 0.2) is 38.2 Å². The van der Waals surface area contributed by atoms with E-state index in [1.807, 2.05) is 11.4 Å². The summed E-state index contributed by atoms with van der Waals surface area (Å²) < 4.78 is 30.0. The largest absolute Gasteiger partial charge is 0.330 e. The van der Waals surface area contributed by atoms with Crippen molar-refractivity contribution in [3.8, 4) is 0 Å². The van der Waals surface area contributed by atoms with E-state index < -0.39 is 26.2 Å². The summed E-state index contributed by atoms with van der Waals surface area (Å²) in [5, 5.41) is 2.02. The van der Waals surface area contributed by atoms with Gasteiger partial charge in [-0.05, 0) is 30.8 Å². The quantitative estimate of drug-likeness (QED) is 0.770. The Hall–Kier alpha value is -1.75. The van der Waals surface area contributed by atoms with E-state index in [-0.39, 0.29) is 6.04 Å². The molecule has 0 bridgehead atoms. The zero-order valence-electron chi connectivity index (χ0n) is 14.7. The number of piperidine rings is 1. The number of aryl methyl sites for hydroxylation is 1. The Morgan fingerprint density at radius 1 is 1.31 bits per heavy atom. The minimum absolute atomic E-state index is 0.268. The van der Waals surface area contributed by atoms with E-state index in [9.17, 15) is 18.0 Å². The fourth-order valence-electron chi connectivity index (χ4n) is 3.16. The van der Waals surface area contributed by atoms with E-state index in [4.69, 9.17) is 0 Å². The molecule has 26 heavy (non-hydrogen) atoms. The molecule has 10 heteroatoms. The lowest BCUT2D eigenvalue weighted by molar-refractivity contribution is 0.196. The Morgan fingerprint density at radius 2 is 2.08 bits per heavy atom. The van der Waals surface area contributed by atoms with E-state index in [0.717, 1.165) is 34.8 Å². The lowest BCUT2D eigenvalue weighted by Gasteiger charge is -2.32. The van der Waals surface area contributed by atoms with Gasteiger partial charge >= 0.3 is 5.69 Å². The van der Waals surface area contributed by atoms with Crippen LogP contribution in [0.4, 0.5) is 0 Å². The number of nitrogens with one attached hydrogen (secondary N) is 1. The van der Waals surface area contributed by atoms with Crippen LogP contribution in [-0.4, -0.2) is 41.6 Å². The van der Waals surface area contributed by atoms with Crippen molar-refractivity contribution in [3.05, 3.63) is 49.4 Å². The Bertz CT molecular complexity index is 992. The summed E-state index contributed by atoms with van der Waals surface area (Å²) in [6.07, 6.45) is 2.68. The number of aromatic nitrogens is 2. The molecule has 0 amide bonds. The Kier molecular flexibility index (Phi) is 5.47. The van der Waals surface area contributed by atoms with Gasteiger partial charge in [-0.15, -0.1) is 11.3 Å². The molecule has 0 spiro atoms. The highest BCUT2D eigenvalue weighted by atomic mass is 32.2. The van der Waals surface area contributed by atoms with Crippen molar-refractivity contribution in [1.29, 1.82) is 0 Å². The Morgan fingerprint density at radius 3 is 2.77 bits per heavy atom. The predicted octanol–water partition coefficient (Wildman–Crippen LogP) is 0.0884. The molecule has 0 saturated carbocycles. The average molecular weight is 399 g/mol. The number of rotatable bonds is 5. The summed E-state index contributed by atoms with van der Waals surface area (Å²) in [5.74, 6) is 0. The lowest BCUT2D eigenvalue weighted by Crippen LogP contribution is -2.49. The molecule has 3 heterocycles. The van der Waals surface area contributed by atoms with Crippen LogP contribution in [0.5, 0.6) is 0 Å². The first-order valence-electron chi connectivity index (χ1n) is 8.31. The van der Waals surface area contributed by atoms with Gasteiger partial charge in [-0.25, -0.2) is 17.9 Å². The minimum Gasteiger partial charge on any atom is -0.302 e. The monoisotopic (exact) mass is 398 g/mol. The van der Waals surface area contributed by atoms with Gasteiger partial charge in [0.1, 0.15) is 0 Å². The number of hydrogen-bond donors (Lipinski definition) is 1. The summed E-state index contributed by atoms with van der Waals surface area (Å²) in [6, 6.07) is 3.79. The van der Waals surface area contributed by atoms with Crippen LogP contribution >= 0.6 is 11.3 Å². The number of likely N-dealkylation sites (tertiary alicyclic amines) is 1. The fraction of sp³-hybridized carbons (Fsp3) is 0.500. The molecule has 1 N–H and O–H groups in total. The van der Waals surface area contributed by atoms with Gasteiger partial charge in [0.25, 0.3) is 5.56 Å². The highest BCUT2D eigenvalue weighted by molar-refractivity contribution is 7.89. The first-order valence-corrected chi connectivity index (χ1v) is 10.7. The second-order valence-electron chi connectivity index (χ2n) is 6.53. The Labute approximate surface area is 155 Å². The van der Waals surface area contributed by atoms with E-state index in [2.05, 4.69) is 15.7 Å². The molecule has 3 rings (SSSR count). The van der Waals surface area contributed by atoms with Crippen LogP contribution in [0.2, 0.25) is 0 Å². The van der Waals surface area contributed by atoms with Crippen molar-refractivity contribution in [2.24, 2.45) is 14.1 Å². The maximum Gasteiger partial charge on any atom is 0.330 e. The molecule has 2 aromatic rings. The van der Waals surface area contributed by atoms with Gasteiger partial charge in [-0.1, -0.05) is 6.07 Å². The third-order valence-corrected chi connectivity index (χ3v) is 6.86. The maximum absolute atomic E-state index is 12.7. The van der Waals surface area contributed by atoms with Gasteiger partial charge in [0.05, 0.1) is 0 Å². The van der Waals surface area contributed by atoms with Crippen molar-refractivity contribution < 1.29 is 8.42 Å². The molecule has 1 atom stereocenters. The first-order chi connectivity index (χ1) is 12.3. The molecule has 1 aliphatic heterocycles. The average Bonchev–Trinajstić information content (AvgIpc) is 3.09. The molecule has 142 valence electrons. The summed E-state index contributed by atoms with van der Waals surface area (Å²) in [5.41, 5.74) is -1.37. The Balaban J connectivity index is 1.77. The number of hydrogen-bond acceptors (Lipinski definition) is 6. The molecule has 1 saturated heterocycles. The molecule has 0 radical (unpaired) electrons. The van der Waals surface area contributed by atoms with E-state index in [0.29, 0.717) is 13.0 Å². The van der Waals surface area contributed by atoms with Crippen molar-refractivity contribution in [2.75, 3.05) is 13.1 Å². The second-order valence-corrected chi connectivity index (χ2v) is 9.24. The van der Waals surface area contributed by atoms with Crippen molar-refractivity contribution >= 4 is 21.4 Å². The van der Waals surface area contributed by atoms with Crippen molar-refractivity contribution in [2.45, 2.75) is 30.3 Å². The molecule has 1 fully saturated rings. The number of nitrogens with zero attached hydrogens (tertiary/aromatic N) is 3. The molecule has 0 aliphatic carbocycles. The van der Waals surface area contributed by atoms with Gasteiger partial charge in [0.2, 0.25) is 10.0 Å². The molecule has 2 aromatic heterocycles. The molecule has 8 nitrogen and oxygen atoms in total. The van der Waals surface area contributed by atoms with Gasteiger partial charge in [-0.3, -0.25) is 14.3 Å². The molecular weight excluding hydrogens is 376 g/mol. The first kappa shape index (κ1) is 19.0. The topological polar surface area (TPSA) is 93.4 Å². The van der Waals surface area contributed by atoms with Crippen molar-refractivity contribution in [3.63, 3.8) is 0 Å². The van der Waals surface area contributed by atoms with E-state index in [1.54, 1.807) is 11.3 Å². The zero-order chi connectivity index (χ0) is 18.9. The summed E-state index contributed by atoms with van der Waals surface area (Å²) in [6.45, 7) is 2.29. The van der Waals surface area contributed by atoms with Crippen LogP contribution in [0, 0.1) is 0 Å². The van der Waals surface area contributed by atoms with E-state index in [1.165, 1.54) is 19.0 Å². The summed E-state index contributed by atoms with van der Waals surface area (Å²) >= 11 is 1.68. The van der Waals surface area contributed by atoms with Crippen LogP contribution in [0.3, 0.4) is 0 Å². The summed E-state index contributed by atoms with van der Waals surface area (Å²) in [4.78, 5) is 27.0. The van der Waals surface area contributed by atoms with Crippen LogP contribution in [-0.2, 0) is 30.7 Å². The predicted molar refractivity (Wildman–Crippen MR) is 99.9 cm³/mol. The summed E-state index contributed by atoms with van der Waals surface area (Å²) in [7, 11) is -1.31. The maximum atomic E-state index is 12.7. The molecular formula is C16H22N4O4S2. The third-order valence-electron chi connectivity index (χ3n) is 4.49. The van der Waals surface area contributed by atoms with Crippen LogP contribution in [0.25, 0.3) is 0 Å². The number of thiophene rings is 1.